The lowest BCUT2D eigenvalue weighted by Crippen LogP contribution is -2.24. The zero-order valence-corrected chi connectivity index (χ0v) is 21.2. The van der Waals surface area contributed by atoms with Crippen LogP contribution >= 0.6 is 11.8 Å². The second kappa shape index (κ2) is 11.5. The molecule has 0 saturated heterocycles. The predicted molar refractivity (Wildman–Crippen MR) is 143 cm³/mol. The quantitative estimate of drug-likeness (QED) is 0.0942. The lowest BCUT2D eigenvalue weighted by atomic mass is 10.1. The topological polar surface area (TPSA) is 112 Å². The Morgan fingerprint density at radius 2 is 1.65 bits per heavy atom. The first-order valence-electron chi connectivity index (χ1n) is 11.3. The zero-order valence-electron chi connectivity index (χ0n) is 20.4. The van der Waals surface area contributed by atoms with Gasteiger partial charge in [-0.3, -0.25) is 19.0 Å². The molecule has 4 rings (SSSR count). The molecule has 0 fully saturated rings. The standard InChI is InChI=1S/C27H24N4O5S/c1-17(19-8-12-22(13-9-19)36-18(2)32)29-30-25(33)16-37-27-28-24-7-5-4-6-23(24)26(34)31(27)20-10-14-21(35-3)15-11-20/h4-15H,16H2,1-3H3,(H,30,33)/b29-17+. The van der Waals surface area contributed by atoms with Crippen molar-refractivity contribution in [2.24, 2.45) is 5.10 Å². The Morgan fingerprint density at radius 1 is 0.973 bits per heavy atom. The smallest absolute Gasteiger partial charge is 0.308 e. The third-order valence-corrected chi connectivity index (χ3v) is 6.23. The van der Waals surface area contributed by atoms with Gasteiger partial charge >= 0.3 is 5.97 Å². The molecular weight excluding hydrogens is 492 g/mol. The largest absolute Gasteiger partial charge is 0.497 e. The van der Waals surface area contributed by atoms with Crippen LogP contribution in [-0.2, 0) is 9.59 Å². The Kier molecular flexibility index (Phi) is 7.99. The normalized spacial score (nSPS) is 11.3. The Hall–Kier alpha value is -4.44. The Bertz CT molecular complexity index is 1530. The molecular formula is C27H24N4O5S. The number of carbonyl (C=O) groups excluding carboxylic acids is 2. The van der Waals surface area contributed by atoms with Crippen molar-refractivity contribution in [2.75, 3.05) is 12.9 Å². The third kappa shape index (κ3) is 6.22. The molecule has 4 aromatic rings. The van der Waals surface area contributed by atoms with Gasteiger partial charge in [0.1, 0.15) is 11.5 Å². The molecule has 0 saturated carbocycles. The summed E-state index contributed by atoms with van der Waals surface area (Å²) < 4.78 is 11.7. The summed E-state index contributed by atoms with van der Waals surface area (Å²) in [5, 5.41) is 5.02. The molecule has 0 aliphatic heterocycles. The molecule has 0 atom stereocenters. The number of ether oxygens (including phenoxy) is 2. The number of aromatic nitrogens is 2. The van der Waals surface area contributed by atoms with E-state index in [1.54, 1.807) is 80.8 Å². The Morgan fingerprint density at radius 3 is 2.32 bits per heavy atom. The third-order valence-electron chi connectivity index (χ3n) is 5.29. The molecule has 0 aliphatic carbocycles. The number of nitrogens with zero attached hydrogens (tertiary/aromatic N) is 3. The lowest BCUT2D eigenvalue weighted by molar-refractivity contribution is -0.131. The predicted octanol–water partition coefficient (Wildman–Crippen LogP) is 3.95. The molecule has 37 heavy (non-hydrogen) atoms. The number of hydrogen-bond acceptors (Lipinski definition) is 8. The minimum atomic E-state index is -0.402. The number of fused-ring (bicyclic) bond motifs is 1. The van der Waals surface area contributed by atoms with Crippen molar-refractivity contribution in [2.45, 2.75) is 19.0 Å². The van der Waals surface area contributed by atoms with Crippen LogP contribution < -0.4 is 20.5 Å². The van der Waals surface area contributed by atoms with Crippen molar-refractivity contribution in [1.29, 1.82) is 0 Å². The summed E-state index contributed by atoms with van der Waals surface area (Å²) >= 11 is 1.13. The average molecular weight is 517 g/mol. The molecule has 1 amide bonds. The summed E-state index contributed by atoms with van der Waals surface area (Å²) in [7, 11) is 1.57. The van der Waals surface area contributed by atoms with Gasteiger partial charge in [-0.15, -0.1) is 0 Å². The van der Waals surface area contributed by atoms with Gasteiger partial charge in [0, 0.05) is 6.92 Å². The number of esters is 1. The van der Waals surface area contributed by atoms with Gasteiger partial charge in [-0.2, -0.15) is 5.10 Å². The SMILES string of the molecule is COc1ccc(-n2c(SCC(=O)N/N=C(\C)c3ccc(OC(C)=O)cc3)nc3ccccc3c2=O)cc1. The van der Waals surface area contributed by atoms with Crippen LogP contribution in [0.5, 0.6) is 11.5 Å². The fourth-order valence-electron chi connectivity index (χ4n) is 3.47. The molecule has 0 spiro atoms. The van der Waals surface area contributed by atoms with E-state index in [4.69, 9.17) is 9.47 Å². The fourth-order valence-corrected chi connectivity index (χ4v) is 4.28. The number of hydrazone groups is 1. The maximum absolute atomic E-state index is 13.3. The molecule has 0 aliphatic rings. The van der Waals surface area contributed by atoms with E-state index in [1.807, 2.05) is 6.07 Å². The van der Waals surface area contributed by atoms with Crippen molar-refractivity contribution in [1.82, 2.24) is 15.0 Å². The van der Waals surface area contributed by atoms with Crippen LogP contribution in [0.1, 0.15) is 19.4 Å². The van der Waals surface area contributed by atoms with Crippen LogP contribution in [0, 0.1) is 0 Å². The van der Waals surface area contributed by atoms with E-state index in [-0.39, 0.29) is 17.2 Å². The zero-order chi connectivity index (χ0) is 26.4. The number of nitrogens with one attached hydrogen (secondary N) is 1. The van der Waals surface area contributed by atoms with Gasteiger partial charge in [0.2, 0.25) is 0 Å². The van der Waals surface area contributed by atoms with E-state index in [0.29, 0.717) is 39.0 Å². The summed E-state index contributed by atoms with van der Waals surface area (Å²) in [6, 6.07) is 20.9. The van der Waals surface area contributed by atoms with Gasteiger partial charge in [0.15, 0.2) is 5.16 Å². The molecule has 1 heterocycles. The van der Waals surface area contributed by atoms with Crippen molar-refractivity contribution < 1.29 is 19.1 Å². The summed E-state index contributed by atoms with van der Waals surface area (Å²) in [4.78, 5) is 41.6. The Labute approximate surface area is 217 Å². The van der Waals surface area contributed by atoms with E-state index < -0.39 is 5.97 Å². The summed E-state index contributed by atoms with van der Waals surface area (Å²) in [6.45, 7) is 3.08. The maximum atomic E-state index is 13.3. The lowest BCUT2D eigenvalue weighted by Gasteiger charge is -2.13. The van der Waals surface area contributed by atoms with Crippen molar-refractivity contribution >= 4 is 40.3 Å². The average Bonchev–Trinajstić information content (AvgIpc) is 2.91. The first-order valence-corrected chi connectivity index (χ1v) is 12.3. The van der Waals surface area contributed by atoms with Gasteiger partial charge in [-0.25, -0.2) is 10.4 Å². The highest BCUT2D eigenvalue weighted by Crippen LogP contribution is 2.23. The molecule has 1 N–H and O–H groups in total. The summed E-state index contributed by atoms with van der Waals surface area (Å²) in [5.74, 6) is 0.317. The van der Waals surface area contributed by atoms with Crippen LogP contribution in [0.15, 0.2) is 87.8 Å². The number of amides is 1. The second-order valence-corrected chi connectivity index (χ2v) is 8.83. The minimum absolute atomic E-state index is 0.0108. The van der Waals surface area contributed by atoms with Gasteiger partial charge in [-0.05, 0) is 73.2 Å². The molecule has 0 unspecified atom stereocenters. The van der Waals surface area contributed by atoms with Gasteiger partial charge in [0.25, 0.3) is 11.5 Å². The second-order valence-electron chi connectivity index (χ2n) is 7.89. The molecule has 0 bridgehead atoms. The Balaban J connectivity index is 1.52. The van der Waals surface area contributed by atoms with Crippen LogP contribution in [0.25, 0.3) is 16.6 Å². The maximum Gasteiger partial charge on any atom is 0.308 e. The molecule has 10 heteroatoms. The number of rotatable bonds is 8. The highest BCUT2D eigenvalue weighted by Gasteiger charge is 2.15. The van der Waals surface area contributed by atoms with E-state index >= 15 is 0 Å². The molecule has 1 aromatic heterocycles. The van der Waals surface area contributed by atoms with Crippen LogP contribution in [0.3, 0.4) is 0 Å². The molecule has 188 valence electrons. The van der Waals surface area contributed by atoms with Crippen molar-refractivity contribution in [3.8, 4) is 17.2 Å². The van der Waals surface area contributed by atoms with E-state index in [9.17, 15) is 14.4 Å². The van der Waals surface area contributed by atoms with Crippen molar-refractivity contribution in [3.63, 3.8) is 0 Å². The molecule has 9 nitrogen and oxygen atoms in total. The van der Waals surface area contributed by atoms with Gasteiger partial charge < -0.3 is 9.47 Å². The first kappa shape index (κ1) is 25.6. The number of benzene rings is 3. The minimum Gasteiger partial charge on any atom is -0.497 e. The summed E-state index contributed by atoms with van der Waals surface area (Å²) in [6.07, 6.45) is 0. The van der Waals surface area contributed by atoms with E-state index in [1.165, 1.54) is 11.5 Å². The van der Waals surface area contributed by atoms with E-state index in [2.05, 4.69) is 15.5 Å². The monoisotopic (exact) mass is 516 g/mol. The number of thioether (sulfide) groups is 1. The van der Waals surface area contributed by atoms with Crippen LogP contribution in [0.2, 0.25) is 0 Å². The van der Waals surface area contributed by atoms with Crippen LogP contribution in [0.4, 0.5) is 0 Å². The highest BCUT2D eigenvalue weighted by atomic mass is 32.2. The highest BCUT2D eigenvalue weighted by molar-refractivity contribution is 7.99. The fraction of sp³-hybridized carbons (Fsp3) is 0.148. The number of hydrogen-bond donors (Lipinski definition) is 1. The summed E-state index contributed by atoms with van der Waals surface area (Å²) in [5.41, 5.74) is 4.79. The first-order chi connectivity index (χ1) is 17.9. The van der Waals surface area contributed by atoms with Gasteiger partial charge in [0.05, 0.1) is 35.2 Å². The molecule has 3 aromatic carbocycles. The number of carbonyl (C=O) groups is 2. The van der Waals surface area contributed by atoms with Gasteiger partial charge in [-0.1, -0.05) is 23.9 Å². The van der Waals surface area contributed by atoms with Crippen molar-refractivity contribution in [3.05, 3.63) is 88.7 Å². The number of methoxy groups -OCH3 is 1. The molecule has 0 radical (unpaired) electrons. The van der Waals surface area contributed by atoms with E-state index in [0.717, 1.165) is 17.3 Å². The van der Waals surface area contributed by atoms with Crippen LogP contribution in [-0.4, -0.2) is 40.0 Å². The number of para-hydroxylation sites is 1.